The molecule has 4 aromatic rings. The number of aliphatic hydroxyl groups is 1. The summed E-state index contributed by atoms with van der Waals surface area (Å²) in [5, 5.41) is 11.6. The second-order valence-corrected chi connectivity index (χ2v) is 10.6. The van der Waals surface area contributed by atoms with Crippen molar-refractivity contribution in [3.05, 3.63) is 88.0 Å². The summed E-state index contributed by atoms with van der Waals surface area (Å²) in [6.45, 7) is 10.6. The Morgan fingerprint density at radius 1 is 1.02 bits per heavy atom. The zero-order chi connectivity index (χ0) is 28.7. The van der Waals surface area contributed by atoms with E-state index in [0.717, 1.165) is 22.2 Å². The lowest BCUT2D eigenvalue weighted by atomic mass is 9.94. The number of imidazole rings is 1. The van der Waals surface area contributed by atoms with Crippen molar-refractivity contribution < 1.29 is 24.2 Å². The minimum Gasteiger partial charge on any atom is -0.507 e. The predicted octanol–water partition coefficient (Wildman–Crippen LogP) is 6.16. The van der Waals surface area contributed by atoms with Gasteiger partial charge in [-0.1, -0.05) is 26.0 Å². The van der Waals surface area contributed by atoms with Gasteiger partial charge in [-0.2, -0.15) is 0 Å². The van der Waals surface area contributed by atoms with Crippen molar-refractivity contribution in [1.29, 1.82) is 0 Å². The van der Waals surface area contributed by atoms with Crippen LogP contribution in [0.25, 0.3) is 16.8 Å². The van der Waals surface area contributed by atoms with E-state index in [9.17, 15) is 14.7 Å². The monoisotopic (exact) mass is 539 g/mol. The van der Waals surface area contributed by atoms with Crippen LogP contribution in [-0.2, 0) is 9.59 Å². The van der Waals surface area contributed by atoms with Gasteiger partial charge in [-0.25, -0.2) is 4.98 Å². The predicted molar refractivity (Wildman–Crippen MR) is 155 cm³/mol. The molecule has 2 heterocycles. The van der Waals surface area contributed by atoms with Crippen LogP contribution in [0.15, 0.2) is 60.2 Å². The lowest BCUT2D eigenvalue weighted by Gasteiger charge is -2.23. The number of aromatic amines is 1. The number of benzene rings is 3. The number of ketones is 1. The van der Waals surface area contributed by atoms with Crippen molar-refractivity contribution in [2.24, 2.45) is 5.92 Å². The maximum Gasteiger partial charge on any atom is 0.302 e. The first kappa shape index (κ1) is 27.0. The van der Waals surface area contributed by atoms with E-state index >= 15 is 0 Å². The van der Waals surface area contributed by atoms with Gasteiger partial charge in [0, 0.05) is 5.56 Å². The van der Waals surface area contributed by atoms with Gasteiger partial charge >= 0.3 is 5.91 Å². The van der Waals surface area contributed by atoms with E-state index in [0.29, 0.717) is 40.7 Å². The highest BCUT2D eigenvalue weighted by Gasteiger charge is 2.48. The fraction of sp³-hybridized carbons (Fsp3) is 0.281. The fourth-order valence-corrected chi connectivity index (χ4v) is 4.92. The average molecular weight is 540 g/mol. The van der Waals surface area contributed by atoms with Gasteiger partial charge in [-0.05, 0) is 91.4 Å². The lowest BCUT2D eigenvalue weighted by molar-refractivity contribution is -0.132. The zero-order valence-electron chi connectivity index (χ0n) is 23.5. The van der Waals surface area contributed by atoms with E-state index in [4.69, 9.17) is 9.47 Å². The molecule has 206 valence electrons. The number of Topliss-reactive ketones (excluding diaryl/α,β-unsaturated/α-hetero) is 1. The van der Waals surface area contributed by atoms with Gasteiger partial charge in [-0.3, -0.25) is 14.5 Å². The number of hydrogen-bond acceptors (Lipinski definition) is 6. The number of aryl methyl sites for hydroxylation is 3. The quantitative estimate of drug-likeness (QED) is 0.166. The molecule has 1 atom stereocenters. The number of carbonyl (C=O) groups excluding carboxylic acids is 2. The highest BCUT2D eigenvalue weighted by atomic mass is 16.5. The van der Waals surface area contributed by atoms with Crippen LogP contribution in [0.2, 0.25) is 0 Å². The van der Waals surface area contributed by atoms with E-state index in [2.05, 4.69) is 23.8 Å². The van der Waals surface area contributed by atoms with E-state index in [1.165, 1.54) is 4.90 Å². The summed E-state index contributed by atoms with van der Waals surface area (Å²) in [5.74, 6) is -0.00859. The molecule has 1 amide bonds. The molecule has 8 heteroatoms. The fourth-order valence-electron chi connectivity index (χ4n) is 4.92. The smallest absolute Gasteiger partial charge is 0.302 e. The van der Waals surface area contributed by atoms with Gasteiger partial charge in [0.15, 0.2) is 0 Å². The molecule has 0 bridgehead atoms. The van der Waals surface area contributed by atoms with Crippen LogP contribution in [0, 0.1) is 26.7 Å². The van der Waals surface area contributed by atoms with E-state index in [-0.39, 0.29) is 17.3 Å². The lowest BCUT2D eigenvalue weighted by Crippen LogP contribution is -2.30. The molecule has 1 aromatic heterocycles. The first-order valence-corrected chi connectivity index (χ1v) is 13.2. The van der Waals surface area contributed by atoms with Crippen LogP contribution < -0.4 is 14.4 Å². The second kappa shape index (κ2) is 10.5. The Bertz CT molecular complexity index is 1630. The highest BCUT2D eigenvalue weighted by molar-refractivity contribution is 6.51. The Kier molecular flexibility index (Phi) is 7.10. The maximum absolute atomic E-state index is 13.6. The molecule has 1 aliphatic rings. The van der Waals surface area contributed by atoms with Crippen molar-refractivity contribution in [1.82, 2.24) is 9.97 Å². The third kappa shape index (κ3) is 4.81. The number of ether oxygens (including phenoxy) is 2. The van der Waals surface area contributed by atoms with Crippen molar-refractivity contribution in [2.75, 3.05) is 18.6 Å². The number of aliphatic hydroxyl groups excluding tert-OH is 1. The van der Waals surface area contributed by atoms with Crippen molar-refractivity contribution in [2.45, 2.75) is 40.7 Å². The number of aromatic nitrogens is 2. The summed E-state index contributed by atoms with van der Waals surface area (Å²) < 4.78 is 11.3. The summed E-state index contributed by atoms with van der Waals surface area (Å²) in [6, 6.07) is 15.3. The number of anilines is 1. The summed E-state index contributed by atoms with van der Waals surface area (Å²) in [4.78, 5) is 36.4. The number of nitrogens with one attached hydrogen (secondary N) is 1. The van der Waals surface area contributed by atoms with Crippen LogP contribution in [0.5, 0.6) is 11.5 Å². The second-order valence-electron chi connectivity index (χ2n) is 10.6. The Hall–Kier alpha value is -4.59. The molecule has 0 spiro atoms. The molecule has 8 nitrogen and oxygen atoms in total. The van der Waals surface area contributed by atoms with Gasteiger partial charge in [0.25, 0.3) is 5.78 Å². The third-order valence-corrected chi connectivity index (χ3v) is 7.19. The molecule has 0 radical (unpaired) electrons. The highest BCUT2D eigenvalue weighted by Crippen LogP contribution is 2.43. The summed E-state index contributed by atoms with van der Waals surface area (Å²) in [7, 11) is 1.55. The minimum atomic E-state index is -0.935. The van der Waals surface area contributed by atoms with Crippen LogP contribution in [0.4, 0.5) is 5.95 Å². The molecular weight excluding hydrogens is 506 g/mol. The van der Waals surface area contributed by atoms with E-state index < -0.39 is 17.7 Å². The normalized spacial score (nSPS) is 16.8. The number of methoxy groups -OCH3 is 1. The average Bonchev–Trinajstić information content (AvgIpc) is 3.44. The van der Waals surface area contributed by atoms with Crippen molar-refractivity contribution in [3.8, 4) is 11.5 Å². The van der Waals surface area contributed by atoms with Crippen LogP contribution in [0.3, 0.4) is 0 Å². The largest absolute Gasteiger partial charge is 0.507 e. The third-order valence-electron chi connectivity index (χ3n) is 7.19. The molecule has 2 N–H and O–H groups in total. The minimum absolute atomic E-state index is 0.0266. The molecular formula is C32H33N3O5. The SMILES string of the molecule is COc1cccc(C2/C(=C(\O)c3ccc(OCC(C)C)c(C)c3)C(=O)C(=O)N2c2nc3cc(C)c(C)cc3[nH]2)c1. The molecule has 40 heavy (non-hydrogen) atoms. The maximum atomic E-state index is 13.6. The Labute approximate surface area is 233 Å². The van der Waals surface area contributed by atoms with Crippen LogP contribution in [-0.4, -0.2) is 40.5 Å². The number of carbonyl (C=O) groups is 2. The number of amides is 1. The zero-order valence-corrected chi connectivity index (χ0v) is 23.5. The summed E-state index contributed by atoms with van der Waals surface area (Å²) in [5.41, 5.74) is 5.35. The standard InChI is InChI=1S/C32H33N3O5/c1-17(2)16-40-26-11-10-22(12-20(26)5)29(36)27-28(21-8-7-9-23(15-21)39-6)35(31(38)30(27)37)32-33-24-13-18(3)19(4)14-25(24)34-32/h7-15,17,28,36H,16H2,1-6H3,(H,33,34)/b29-27+. The van der Waals surface area contributed by atoms with Gasteiger partial charge in [-0.15, -0.1) is 0 Å². The van der Waals surface area contributed by atoms with Crippen molar-refractivity contribution in [3.63, 3.8) is 0 Å². The molecule has 3 aromatic carbocycles. The van der Waals surface area contributed by atoms with Gasteiger partial charge in [0.1, 0.15) is 17.3 Å². The number of rotatable bonds is 7. The number of fused-ring (bicyclic) bond motifs is 1. The molecule has 1 aliphatic heterocycles. The molecule has 1 fully saturated rings. The molecule has 5 rings (SSSR count). The van der Waals surface area contributed by atoms with Gasteiger partial charge in [0.2, 0.25) is 5.95 Å². The number of nitrogens with zero attached hydrogens (tertiary/aromatic N) is 2. The number of H-pyrrole nitrogens is 1. The first-order valence-electron chi connectivity index (χ1n) is 13.2. The van der Waals surface area contributed by atoms with E-state index in [1.807, 2.05) is 32.9 Å². The summed E-state index contributed by atoms with van der Waals surface area (Å²) >= 11 is 0. The Morgan fingerprint density at radius 3 is 2.48 bits per heavy atom. The van der Waals surface area contributed by atoms with Gasteiger partial charge in [0.05, 0.1) is 36.4 Å². The topological polar surface area (TPSA) is 105 Å². The molecule has 0 saturated carbocycles. The van der Waals surface area contributed by atoms with Crippen LogP contribution in [0.1, 0.15) is 47.7 Å². The van der Waals surface area contributed by atoms with Crippen LogP contribution >= 0.6 is 0 Å². The summed E-state index contributed by atoms with van der Waals surface area (Å²) in [6.07, 6.45) is 0. The number of hydrogen-bond donors (Lipinski definition) is 2. The Balaban J connectivity index is 1.67. The van der Waals surface area contributed by atoms with E-state index in [1.54, 1.807) is 49.6 Å². The molecule has 0 aliphatic carbocycles. The first-order chi connectivity index (χ1) is 19.1. The molecule has 1 saturated heterocycles. The Morgan fingerprint density at radius 2 is 1.77 bits per heavy atom. The molecule has 1 unspecified atom stereocenters. The van der Waals surface area contributed by atoms with Gasteiger partial charge < -0.3 is 19.6 Å². The van der Waals surface area contributed by atoms with Crippen molar-refractivity contribution >= 4 is 34.4 Å².